The van der Waals surface area contributed by atoms with Crippen molar-refractivity contribution in [1.29, 1.82) is 0 Å². The number of carbonyl (C=O) groups excluding carboxylic acids is 1. The number of ether oxygens (including phenoxy) is 1. The maximum Gasteiger partial charge on any atom is 0.252 e. The zero-order valence-electron chi connectivity index (χ0n) is 11.9. The highest BCUT2D eigenvalue weighted by atomic mass is 32.1. The highest BCUT2D eigenvalue weighted by Crippen LogP contribution is 2.20. The zero-order valence-corrected chi connectivity index (χ0v) is 12.7. The molecule has 5 nitrogen and oxygen atoms in total. The third kappa shape index (κ3) is 6.13. The maximum absolute atomic E-state index is 11.6. The van der Waals surface area contributed by atoms with Gasteiger partial charge in [-0.1, -0.05) is 13.8 Å². The predicted octanol–water partition coefficient (Wildman–Crippen LogP) is 2.57. The van der Waals surface area contributed by atoms with E-state index in [1.807, 2.05) is 12.3 Å². The van der Waals surface area contributed by atoms with Crippen molar-refractivity contribution < 1.29 is 9.53 Å². The molecule has 1 amide bonds. The Bertz CT molecular complexity index is 382. The molecular formula is C13H23N3O2S. The van der Waals surface area contributed by atoms with Gasteiger partial charge in [0.2, 0.25) is 0 Å². The molecule has 0 spiro atoms. The molecule has 0 saturated heterocycles. The van der Waals surface area contributed by atoms with E-state index in [-0.39, 0.29) is 18.6 Å². The van der Waals surface area contributed by atoms with Crippen molar-refractivity contribution in [1.82, 2.24) is 10.3 Å². The van der Waals surface area contributed by atoms with E-state index in [1.54, 1.807) is 0 Å². The first-order valence-corrected chi connectivity index (χ1v) is 7.61. The number of amides is 1. The number of nitrogens with zero attached hydrogens (tertiary/aromatic N) is 1. The molecule has 1 rings (SSSR count). The largest absolute Gasteiger partial charge is 0.372 e. The standard InChI is InChI=1S/C13H23N3O2S/c1-4-6-14-10(3)11-9-19-13(15-11)16-12(17)8-18-7-5-2/h9-10,14H,4-8H2,1-3H3,(H,15,16,17). The Kier molecular flexibility index (Phi) is 7.62. The lowest BCUT2D eigenvalue weighted by atomic mass is 10.2. The summed E-state index contributed by atoms with van der Waals surface area (Å²) < 4.78 is 5.18. The lowest BCUT2D eigenvalue weighted by Crippen LogP contribution is -2.20. The molecule has 1 unspecified atom stereocenters. The Morgan fingerprint density at radius 2 is 2.26 bits per heavy atom. The van der Waals surface area contributed by atoms with Gasteiger partial charge in [0.15, 0.2) is 5.13 Å². The van der Waals surface area contributed by atoms with Gasteiger partial charge in [-0.15, -0.1) is 11.3 Å². The van der Waals surface area contributed by atoms with E-state index in [0.717, 1.165) is 25.1 Å². The average molecular weight is 285 g/mol. The number of thiazole rings is 1. The highest BCUT2D eigenvalue weighted by Gasteiger charge is 2.11. The quantitative estimate of drug-likeness (QED) is 0.685. The Morgan fingerprint density at radius 3 is 2.95 bits per heavy atom. The van der Waals surface area contributed by atoms with Crippen LogP contribution in [0.15, 0.2) is 5.38 Å². The van der Waals surface area contributed by atoms with E-state index in [2.05, 4.69) is 29.5 Å². The third-order valence-corrected chi connectivity index (χ3v) is 3.27. The summed E-state index contributed by atoms with van der Waals surface area (Å²) in [5.74, 6) is -0.150. The van der Waals surface area contributed by atoms with Crippen LogP contribution in [-0.4, -0.2) is 30.6 Å². The lowest BCUT2D eigenvalue weighted by Gasteiger charge is -2.09. The van der Waals surface area contributed by atoms with Gasteiger partial charge < -0.3 is 10.1 Å². The molecule has 0 bridgehead atoms. The molecule has 0 aliphatic heterocycles. The van der Waals surface area contributed by atoms with Gasteiger partial charge in [-0.3, -0.25) is 10.1 Å². The molecule has 1 aromatic rings. The number of aromatic nitrogens is 1. The van der Waals surface area contributed by atoms with Crippen molar-refractivity contribution in [2.75, 3.05) is 25.1 Å². The van der Waals surface area contributed by atoms with Crippen molar-refractivity contribution in [2.45, 2.75) is 39.7 Å². The van der Waals surface area contributed by atoms with Crippen LogP contribution < -0.4 is 10.6 Å². The number of nitrogens with one attached hydrogen (secondary N) is 2. The van der Waals surface area contributed by atoms with Crippen LogP contribution in [0.2, 0.25) is 0 Å². The first-order valence-electron chi connectivity index (χ1n) is 6.73. The zero-order chi connectivity index (χ0) is 14.1. The summed E-state index contributed by atoms with van der Waals surface area (Å²) in [4.78, 5) is 16.0. The molecular weight excluding hydrogens is 262 g/mol. The second-order valence-corrected chi connectivity index (χ2v) is 5.21. The summed E-state index contributed by atoms with van der Waals surface area (Å²) in [5.41, 5.74) is 0.961. The van der Waals surface area contributed by atoms with Crippen molar-refractivity contribution in [3.05, 3.63) is 11.1 Å². The lowest BCUT2D eigenvalue weighted by molar-refractivity contribution is -0.120. The predicted molar refractivity (Wildman–Crippen MR) is 78.6 cm³/mol. The van der Waals surface area contributed by atoms with Gasteiger partial charge >= 0.3 is 0 Å². The van der Waals surface area contributed by atoms with E-state index in [1.165, 1.54) is 11.3 Å². The number of anilines is 1. The van der Waals surface area contributed by atoms with Gasteiger partial charge in [0.05, 0.1) is 5.69 Å². The van der Waals surface area contributed by atoms with E-state index in [4.69, 9.17) is 4.74 Å². The second kappa shape index (κ2) is 9.01. The van der Waals surface area contributed by atoms with E-state index in [9.17, 15) is 4.79 Å². The van der Waals surface area contributed by atoms with Gasteiger partial charge in [0, 0.05) is 18.0 Å². The molecule has 0 aromatic carbocycles. The monoisotopic (exact) mass is 285 g/mol. The van der Waals surface area contributed by atoms with Gasteiger partial charge in [0.1, 0.15) is 6.61 Å². The highest BCUT2D eigenvalue weighted by molar-refractivity contribution is 7.13. The number of carbonyl (C=O) groups is 1. The molecule has 0 aliphatic carbocycles. The fourth-order valence-corrected chi connectivity index (χ4v) is 2.29. The van der Waals surface area contributed by atoms with Gasteiger partial charge in [-0.05, 0) is 26.3 Å². The van der Waals surface area contributed by atoms with Crippen LogP contribution in [0.3, 0.4) is 0 Å². The van der Waals surface area contributed by atoms with Crippen molar-refractivity contribution in [3.63, 3.8) is 0 Å². The van der Waals surface area contributed by atoms with Crippen molar-refractivity contribution >= 4 is 22.4 Å². The molecule has 1 atom stereocenters. The molecule has 1 aromatic heterocycles. The van der Waals surface area contributed by atoms with Crippen LogP contribution in [0.25, 0.3) is 0 Å². The molecule has 0 saturated carbocycles. The fraction of sp³-hybridized carbons (Fsp3) is 0.692. The van der Waals surface area contributed by atoms with Crippen LogP contribution in [0, 0.1) is 0 Å². The molecule has 108 valence electrons. The van der Waals surface area contributed by atoms with Crippen LogP contribution >= 0.6 is 11.3 Å². The summed E-state index contributed by atoms with van der Waals surface area (Å²) >= 11 is 1.44. The van der Waals surface area contributed by atoms with Gasteiger partial charge in [-0.2, -0.15) is 0 Å². The Morgan fingerprint density at radius 1 is 1.47 bits per heavy atom. The minimum Gasteiger partial charge on any atom is -0.372 e. The van der Waals surface area contributed by atoms with Crippen molar-refractivity contribution in [2.24, 2.45) is 0 Å². The molecule has 19 heavy (non-hydrogen) atoms. The summed E-state index contributed by atoms with van der Waals surface area (Å²) in [7, 11) is 0. The molecule has 1 heterocycles. The first-order chi connectivity index (χ1) is 9.17. The van der Waals surface area contributed by atoms with Gasteiger partial charge in [0.25, 0.3) is 5.91 Å². The van der Waals surface area contributed by atoms with Crippen LogP contribution in [0.5, 0.6) is 0 Å². The summed E-state index contributed by atoms with van der Waals surface area (Å²) in [6.45, 7) is 7.87. The topological polar surface area (TPSA) is 63.2 Å². The summed E-state index contributed by atoms with van der Waals surface area (Å²) in [5, 5.41) is 8.71. The summed E-state index contributed by atoms with van der Waals surface area (Å²) in [6, 6.07) is 0.207. The average Bonchev–Trinajstić information content (AvgIpc) is 2.84. The molecule has 6 heteroatoms. The van der Waals surface area contributed by atoms with Crippen LogP contribution in [0.4, 0.5) is 5.13 Å². The SMILES string of the molecule is CCCNC(C)c1csc(NC(=O)COCCC)n1. The molecule has 0 radical (unpaired) electrons. The number of hydrogen-bond donors (Lipinski definition) is 2. The van der Waals surface area contributed by atoms with Crippen LogP contribution in [-0.2, 0) is 9.53 Å². The Hall–Kier alpha value is -0.980. The minimum atomic E-state index is -0.150. The second-order valence-electron chi connectivity index (χ2n) is 4.35. The third-order valence-electron chi connectivity index (χ3n) is 2.49. The smallest absolute Gasteiger partial charge is 0.252 e. The normalized spacial score (nSPS) is 12.4. The van der Waals surface area contributed by atoms with Gasteiger partial charge in [-0.25, -0.2) is 4.98 Å². The Balaban J connectivity index is 2.39. The van der Waals surface area contributed by atoms with E-state index < -0.39 is 0 Å². The fourth-order valence-electron chi connectivity index (χ4n) is 1.47. The maximum atomic E-state index is 11.6. The van der Waals surface area contributed by atoms with E-state index >= 15 is 0 Å². The number of hydrogen-bond acceptors (Lipinski definition) is 5. The Labute approximate surface area is 118 Å². The minimum absolute atomic E-state index is 0.0897. The van der Waals surface area contributed by atoms with E-state index in [0.29, 0.717) is 11.7 Å². The summed E-state index contributed by atoms with van der Waals surface area (Å²) in [6.07, 6.45) is 2.00. The number of rotatable bonds is 9. The molecule has 2 N–H and O–H groups in total. The first kappa shape index (κ1) is 16.1. The van der Waals surface area contributed by atoms with Crippen molar-refractivity contribution in [3.8, 4) is 0 Å². The molecule has 0 fully saturated rings. The van der Waals surface area contributed by atoms with Crippen LogP contribution in [0.1, 0.15) is 45.3 Å². The molecule has 0 aliphatic rings.